The first-order valence-electron chi connectivity index (χ1n) is 6.72. The quantitative estimate of drug-likeness (QED) is 0.785. The van der Waals surface area contributed by atoms with E-state index in [9.17, 15) is 0 Å². The van der Waals surface area contributed by atoms with E-state index in [1.54, 1.807) is 11.8 Å². The molecular formula is C15H20N4S. The van der Waals surface area contributed by atoms with Crippen LogP contribution in [0.4, 0.5) is 17.3 Å². The molecule has 0 aliphatic rings. The van der Waals surface area contributed by atoms with Gasteiger partial charge in [0.1, 0.15) is 17.5 Å². The average Bonchev–Trinajstić information content (AvgIpc) is 2.44. The Morgan fingerprint density at radius 2 is 1.95 bits per heavy atom. The molecule has 0 aliphatic heterocycles. The molecule has 0 atom stereocenters. The molecule has 2 aromatic rings. The molecule has 0 bridgehead atoms. The predicted molar refractivity (Wildman–Crippen MR) is 87.1 cm³/mol. The first kappa shape index (κ1) is 14.7. The van der Waals surface area contributed by atoms with E-state index in [-0.39, 0.29) is 0 Å². The SMILES string of the molecule is CCCNc1cc(Nc2cccc(SC)c2)nc(C)n1. The van der Waals surface area contributed by atoms with Crippen LogP contribution in [-0.2, 0) is 0 Å². The van der Waals surface area contributed by atoms with Crippen molar-refractivity contribution in [2.75, 3.05) is 23.4 Å². The van der Waals surface area contributed by atoms with E-state index in [0.717, 1.165) is 36.1 Å². The summed E-state index contributed by atoms with van der Waals surface area (Å²) in [5, 5.41) is 6.62. The van der Waals surface area contributed by atoms with Crippen LogP contribution >= 0.6 is 11.8 Å². The zero-order valence-electron chi connectivity index (χ0n) is 12.1. The molecule has 1 aromatic heterocycles. The molecule has 0 spiro atoms. The minimum absolute atomic E-state index is 0.759. The fourth-order valence-corrected chi connectivity index (χ4v) is 2.28. The second kappa shape index (κ2) is 7.14. The first-order chi connectivity index (χ1) is 9.71. The van der Waals surface area contributed by atoms with Crippen LogP contribution in [0.3, 0.4) is 0 Å². The highest BCUT2D eigenvalue weighted by Gasteiger charge is 2.02. The summed E-state index contributed by atoms with van der Waals surface area (Å²) in [4.78, 5) is 10.0. The number of aryl methyl sites for hydroxylation is 1. The molecule has 4 nitrogen and oxygen atoms in total. The Morgan fingerprint density at radius 3 is 2.70 bits per heavy atom. The monoisotopic (exact) mass is 288 g/mol. The van der Waals surface area contributed by atoms with Crippen LogP contribution < -0.4 is 10.6 Å². The van der Waals surface area contributed by atoms with Crippen LogP contribution in [0.2, 0.25) is 0 Å². The van der Waals surface area contributed by atoms with Gasteiger partial charge in [-0.3, -0.25) is 0 Å². The molecule has 0 fully saturated rings. The van der Waals surface area contributed by atoms with E-state index in [4.69, 9.17) is 0 Å². The van der Waals surface area contributed by atoms with Crippen LogP contribution in [0, 0.1) is 6.92 Å². The average molecular weight is 288 g/mol. The van der Waals surface area contributed by atoms with Gasteiger partial charge in [0, 0.05) is 23.2 Å². The molecule has 0 saturated carbocycles. The van der Waals surface area contributed by atoms with Gasteiger partial charge in [0.05, 0.1) is 0 Å². The second-order valence-electron chi connectivity index (χ2n) is 4.47. The van der Waals surface area contributed by atoms with Gasteiger partial charge in [0.25, 0.3) is 0 Å². The third kappa shape index (κ3) is 4.13. The second-order valence-corrected chi connectivity index (χ2v) is 5.35. The third-order valence-corrected chi connectivity index (χ3v) is 3.46. The first-order valence-corrected chi connectivity index (χ1v) is 7.94. The van der Waals surface area contributed by atoms with Crippen LogP contribution in [0.25, 0.3) is 0 Å². The van der Waals surface area contributed by atoms with Gasteiger partial charge < -0.3 is 10.6 Å². The molecular weight excluding hydrogens is 268 g/mol. The van der Waals surface area contributed by atoms with Gasteiger partial charge in [0.15, 0.2) is 0 Å². The van der Waals surface area contributed by atoms with E-state index >= 15 is 0 Å². The molecule has 0 aliphatic carbocycles. The van der Waals surface area contributed by atoms with Crippen molar-refractivity contribution in [1.29, 1.82) is 0 Å². The molecule has 0 saturated heterocycles. The van der Waals surface area contributed by atoms with Crippen molar-refractivity contribution in [2.45, 2.75) is 25.2 Å². The highest BCUT2D eigenvalue weighted by molar-refractivity contribution is 7.98. The van der Waals surface area contributed by atoms with Gasteiger partial charge in [-0.05, 0) is 37.8 Å². The summed E-state index contributed by atoms with van der Waals surface area (Å²) in [6.07, 6.45) is 3.14. The van der Waals surface area contributed by atoms with Gasteiger partial charge in [-0.25, -0.2) is 9.97 Å². The smallest absolute Gasteiger partial charge is 0.136 e. The van der Waals surface area contributed by atoms with Gasteiger partial charge >= 0.3 is 0 Å². The highest BCUT2D eigenvalue weighted by atomic mass is 32.2. The number of nitrogens with zero attached hydrogens (tertiary/aromatic N) is 2. The van der Waals surface area contributed by atoms with Crippen molar-refractivity contribution in [3.8, 4) is 0 Å². The Balaban J connectivity index is 2.17. The summed E-state index contributed by atoms with van der Waals surface area (Å²) in [7, 11) is 0. The van der Waals surface area contributed by atoms with Crippen LogP contribution in [0.5, 0.6) is 0 Å². The molecule has 0 unspecified atom stereocenters. The number of hydrogen-bond acceptors (Lipinski definition) is 5. The van der Waals surface area contributed by atoms with E-state index in [1.165, 1.54) is 4.90 Å². The summed E-state index contributed by atoms with van der Waals surface area (Å²) in [6.45, 7) is 4.95. The predicted octanol–water partition coefficient (Wildman–Crippen LogP) is 4.07. The summed E-state index contributed by atoms with van der Waals surface area (Å²) in [5.74, 6) is 2.44. The van der Waals surface area contributed by atoms with Crippen molar-refractivity contribution in [2.24, 2.45) is 0 Å². The lowest BCUT2D eigenvalue weighted by Gasteiger charge is -2.10. The molecule has 1 heterocycles. The van der Waals surface area contributed by atoms with E-state index in [0.29, 0.717) is 0 Å². The number of anilines is 3. The maximum absolute atomic E-state index is 4.42. The standard InChI is InChI=1S/C15H20N4S/c1-4-8-16-14-10-15(18-11(2)17-14)19-12-6-5-7-13(9-12)20-3/h5-7,9-10H,4,8H2,1-3H3,(H2,16,17,18,19). The minimum atomic E-state index is 0.759. The van der Waals surface area contributed by atoms with Crippen LogP contribution in [-0.4, -0.2) is 22.8 Å². The minimum Gasteiger partial charge on any atom is -0.370 e. The maximum atomic E-state index is 4.42. The number of aromatic nitrogens is 2. The van der Waals surface area contributed by atoms with Crippen molar-refractivity contribution in [3.05, 3.63) is 36.2 Å². The van der Waals surface area contributed by atoms with Crippen LogP contribution in [0.15, 0.2) is 35.2 Å². The Labute approximate surface area is 124 Å². The van der Waals surface area contributed by atoms with Crippen molar-refractivity contribution >= 4 is 29.1 Å². The molecule has 106 valence electrons. The number of thioether (sulfide) groups is 1. The zero-order chi connectivity index (χ0) is 14.4. The van der Waals surface area contributed by atoms with Gasteiger partial charge in [0.2, 0.25) is 0 Å². The highest BCUT2D eigenvalue weighted by Crippen LogP contribution is 2.22. The number of benzene rings is 1. The lowest BCUT2D eigenvalue weighted by atomic mass is 10.3. The third-order valence-electron chi connectivity index (χ3n) is 2.74. The van der Waals surface area contributed by atoms with Crippen molar-refractivity contribution < 1.29 is 0 Å². The van der Waals surface area contributed by atoms with Gasteiger partial charge in [-0.1, -0.05) is 13.0 Å². The van der Waals surface area contributed by atoms with Gasteiger partial charge in [-0.2, -0.15) is 0 Å². The Kier molecular flexibility index (Phi) is 5.24. The molecule has 20 heavy (non-hydrogen) atoms. The number of hydrogen-bond donors (Lipinski definition) is 2. The molecule has 0 radical (unpaired) electrons. The van der Waals surface area contributed by atoms with E-state index in [2.05, 4.69) is 45.9 Å². The number of rotatable bonds is 6. The summed E-state index contributed by atoms with van der Waals surface area (Å²) >= 11 is 1.73. The number of nitrogens with one attached hydrogen (secondary N) is 2. The summed E-state index contributed by atoms with van der Waals surface area (Å²) in [5.41, 5.74) is 1.04. The van der Waals surface area contributed by atoms with Crippen molar-refractivity contribution in [3.63, 3.8) is 0 Å². The van der Waals surface area contributed by atoms with E-state index < -0.39 is 0 Å². The Bertz CT molecular complexity index is 572. The molecule has 2 N–H and O–H groups in total. The lowest BCUT2D eigenvalue weighted by molar-refractivity contribution is 0.955. The normalized spacial score (nSPS) is 10.3. The fourth-order valence-electron chi connectivity index (χ4n) is 1.82. The Morgan fingerprint density at radius 1 is 1.15 bits per heavy atom. The summed E-state index contributed by atoms with van der Waals surface area (Å²) < 4.78 is 0. The zero-order valence-corrected chi connectivity index (χ0v) is 12.9. The Hall–Kier alpha value is -1.75. The largest absolute Gasteiger partial charge is 0.370 e. The molecule has 1 aromatic carbocycles. The summed E-state index contributed by atoms with van der Waals surface area (Å²) in [6, 6.07) is 10.2. The lowest BCUT2D eigenvalue weighted by Crippen LogP contribution is -2.05. The van der Waals surface area contributed by atoms with Crippen LogP contribution in [0.1, 0.15) is 19.2 Å². The van der Waals surface area contributed by atoms with Gasteiger partial charge in [-0.15, -0.1) is 11.8 Å². The van der Waals surface area contributed by atoms with E-state index in [1.807, 2.05) is 25.1 Å². The molecule has 2 rings (SSSR count). The maximum Gasteiger partial charge on any atom is 0.136 e. The molecule has 5 heteroatoms. The topological polar surface area (TPSA) is 49.8 Å². The molecule has 0 amide bonds. The van der Waals surface area contributed by atoms with Crippen molar-refractivity contribution in [1.82, 2.24) is 9.97 Å². The fraction of sp³-hybridized carbons (Fsp3) is 0.333.